The first-order valence-corrected chi connectivity index (χ1v) is 7.01. The Kier molecular flexibility index (Phi) is 4.99. The van der Waals surface area contributed by atoms with Crippen molar-refractivity contribution in [3.05, 3.63) is 29.8 Å². The summed E-state index contributed by atoms with van der Waals surface area (Å²) in [6, 6.07) is 7.27. The van der Waals surface area contributed by atoms with Gasteiger partial charge in [-0.15, -0.1) is 0 Å². The van der Waals surface area contributed by atoms with E-state index in [1.807, 2.05) is 24.1 Å². The third kappa shape index (κ3) is 4.18. The van der Waals surface area contributed by atoms with E-state index in [4.69, 9.17) is 10.5 Å². The summed E-state index contributed by atoms with van der Waals surface area (Å²) in [5, 5.41) is 20.7. The molecule has 5 heteroatoms. The van der Waals surface area contributed by atoms with Crippen LogP contribution in [0.5, 0.6) is 0 Å². The van der Waals surface area contributed by atoms with Crippen LogP contribution in [0.4, 0.5) is 5.69 Å². The summed E-state index contributed by atoms with van der Waals surface area (Å²) in [5.41, 5.74) is 6.46. The Hall–Kier alpha value is -1.14. The molecule has 1 aliphatic heterocycles. The molecule has 0 saturated carbocycles. The Balaban J connectivity index is 1.89. The number of likely N-dealkylation sites (N-methyl/N-ethyl adjacent to an activating group) is 1. The van der Waals surface area contributed by atoms with Crippen LogP contribution in [0, 0.1) is 0 Å². The molecule has 20 heavy (non-hydrogen) atoms. The molecule has 0 spiro atoms. The summed E-state index contributed by atoms with van der Waals surface area (Å²) in [6.45, 7) is 2.20. The molecule has 0 aliphatic carbocycles. The molecule has 4 N–H and O–H groups in total. The van der Waals surface area contributed by atoms with Gasteiger partial charge in [0.15, 0.2) is 0 Å². The van der Waals surface area contributed by atoms with Crippen molar-refractivity contribution in [1.29, 1.82) is 0 Å². The molecule has 1 saturated heterocycles. The second-order valence-corrected chi connectivity index (χ2v) is 5.72. The second kappa shape index (κ2) is 6.54. The number of benzene rings is 1. The van der Waals surface area contributed by atoms with Gasteiger partial charge >= 0.3 is 0 Å². The van der Waals surface area contributed by atoms with Crippen molar-refractivity contribution in [2.45, 2.75) is 24.5 Å². The molecule has 5 nitrogen and oxygen atoms in total. The predicted molar refractivity (Wildman–Crippen MR) is 78.3 cm³/mol. The van der Waals surface area contributed by atoms with Crippen LogP contribution in [0.1, 0.15) is 24.5 Å². The summed E-state index contributed by atoms with van der Waals surface area (Å²) < 4.78 is 5.27. The van der Waals surface area contributed by atoms with Crippen LogP contribution in [-0.2, 0) is 4.74 Å². The average Bonchev–Trinajstić information content (AvgIpc) is 2.38. The van der Waals surface area contributed by atoms with E-state index in [1.165, 1.54) is 0 Å². The van der Waals surface area contributed by atoms with Gasteiger partial charge in [0.2, 0.25) is 0 Å². The van der Waals surface area contributed by atoms with Crippen LogP contribution >= 0.6 is 0 Å². The number of hydrogen-bond acceptors (Lipinski definition) is 5. The van der Waals surface area contributed by atoms with E-state index >= 15 is 0 Å². The highest BCUT2D eigenvalue weighted by molar-refractivity contribution is 5.41. The lowest BCUT2D eigenvalue weighted by Gasteiger charge is -2.36. The van der Waals surface area contributed by atoms with Gasteiger partial charge in [-0.1, -0.05) is 12.1 Å². The molecule has 1 aromatic rings. The molecule has 0 radical (unpaired) electrons. The van der Waals surface area contributed by atoms with Gasteiger partial charge in [-0.25, -0.2) is 0 Å². The fourth-order valence-corrected chi connectivity index (χ4v) is 2.64. The van der Waals surface area contributed by atoms with E-state index < -0.39 is 11.7 Å². The lowest BCUT2D eigenvalue weighted by molar-refractivity contribution is -0.0799. The molecule has 0 amide bonds. The van der Waals surface area contributed by atoms with Crippen LogP contribution in [0.3, 0.4) is 0 Å². The van der Waals surface area contributed by atoms with Gasteiger partial charge in [0.1, 0.15) is 0 Å². The van der Waals surface area contributed by atoms with Crippen molar-refractivity contribution in [3.8, 4) is 0 Å². The summed E-state index contributed by atoms with van der Waals surface area (Å²) >= 11 is 0. The zero-order valence-electron chi connectivity index (χ0n) is 12.0. The molecule has 1 aliphatic rings. The van der Waals surface area contributed by atoms with Crippen LogP contribution in [0.15, 0.2) is 24.3 Å². The highest BCUT2D eigenvalue weighted by Gasteiger charge is 2.31. The highest BCUT2D eigenvalue weighted by atomic mass is 16.5. The number of anilines is 1. The smallest absolute Gasteiger partial charge is 0.0917 e. The quantitative estimate of drug-likeness (QED) is 0.695. The molecule has 2 rings (SSSR count). The van der Waals surface area contributed by atoms with Gasteiger partial charge in [-0.05, 0) is 24.7 Å². The highest BCUT2D eigenvalue weighted by Crippen LogP contribution is 2.23. The first kappa shape index (κ1) is 15.3. The topological polar surface area (TPSA) is 79.0 Å². The summed E-state index contributed by atoms with van der Waals surface area (Å²) in [5.74, 6) is 0. The van der Waals surface area contributed by atoms with Crippen LogP contribution < -0.4 is 5.73 Å². The molecule has 1 fully saturated rings. The van der Waals surface area contributed by atoms with Crippen molar-refractivity contribution in [2.75, 3.05) is 39.1 Å². The fraction of sp³-hybridized carbons (Fsp3) is 0.600. The number of nitrogen functional groups attached to an aromatic ring is 1. The van der Waals surface area contributed by atoms with E-state index in [1.54, 1.807) is 12.1 Å². The first-order chi connectivity index (χ1) is 9.48. The lowest BCUT2D eigenvalue weighted by Crippen LogP contribution is -2.46. The molecule has 1 atom stereocenters. The third-order valence-electron chi connectivity index (χ3n) is 3.77. The third-order valence-corrected chi connectivity index (χ3v) is 3.77. The SMILES string of the molecule is CN(CC(O)c1cccc(N)c1)CC1(O)CCOCC1. The number of aliphatic hydroxyl groups excluding tert-OH is 1. The van der Waals surface area contributed by atoms with Gasteiger partial charge in [-0.2, -0.15) is 0 Å². The van der Waals surface area contributed by atoms with Gasteiger partial charge in [0, 0.05) is 44.8 Å². The molecular formula is C15H24N2O3. The van der Waals surface area contributed by atoms with E-state index in [2.05, 4.69) is 0 Å². The summed E-state index contributed by atoms with van der Waals surface area (Å²) in [6.07, 6.45) is 0.684. The van der Waals surface area contributed by atoms with Crippen LogP contribution in [-0.4, -0.2) is 54.1 Å². The molecular weight excluding hydrogens is 256 g/mol. The van der Waals surface area contributed by atoms with E-state index in [0.29, 0.717) is 44.8 Å². The van der Waals surface area contributed by atoms with E-state index in [-0.39, 0.29) is 0 Å². The van der Waals surface area contributed by atoms with Crippen molar-refractivity contribution < 1.29 is 14.9 Å². The average molecular weight is 280 g/mol. The Morgan fingerprint density at radius 1 is 1.40 bits per heavy atom. The molecule has 1 unspecified atom stereocenters. The molecule has 0 bridgehead atoms. The number of hydrogen-bond donors (Lipinski definition) is 3. The number of aliphatic hydroxyl groups is 2. The van der Waals surface area contributed by atoms with Crippen LogP contribution in [0.25, 0.3) is 0 Å². The minimum Gasteiger partial charge on any atom is -0.399 e. The van der Waals surface area contributed by atoms with Crippen molar-refractivity contribution >= 4 is 5.69 Å². The largest absolute Gasteiger partial charge is 0.399 e. The first-order valence-electron chi connectivity index (χ1n) is 7.01. The Labute approximate surface area is 120 Å². The maximum atomic E-state index is 10.4. The Morgan fingerprint density at radius 3 is 2.75 bits per heavy atom. The number of rotatable bonds is 5. The number of nitrogens with two attached hydrogens (primary N) is 1. The molecule has 112 valence electrons. The normalized spacial score (nSPS) is 20.0. The maximum absolute atomic E-state index is 10.4. The van der Waals surface area contributed by atoms with E-state index in [9.17, 15) is 10.2 Å². The minimum atomic E-state index is -0.706. The zero-order valence-corrected chi connectivity index (χ0v) is 12.0. The lowest BCUT2D eigenvalue weighted by atomic mass is 9.93. The number of nitrogens with zero attached hydrogens (tertiary/aromatic N) is 1. The zero-order chi connectivity index (χ0) is 14.6. The van der Waals surface area contributed by atoms with Gasteiger partial charge < -0.3 is 25.6 Å². The van der Waals surface area contributed by atoms with Crippen molar-refractivity contribution in [3.63, 3.8) is 0 Å². The Bertz CT molecular complexity index is 433. The summed E-state index contributed by atoms with van der Waals surface area (Å²) in [4.78, 5) is 1.96. The molecule has 1 heterocycles. The van der Waals surface area contributed by atoms with Crippen molar-refractivity contribution in [2.24, 2.45) is 0 Å². The molecule has 1 aromatic carbocycles. The van der Waals surface area contributed by atoms with Crippen molar-refractivity contribution in [1.82, 2.24) is 4.90 Å². The van der Waals surface area contributed by atoms with E-state index in [0.717, 1.165) is 5.56 Å². The monoisotopic (exact) mass is 280 g/mol. The standard InChI is InChI=1S/C15H24N2O3/c1-17(11-15(19)5-7-20-8-6-15)10-14(18)12-3-2-4-13(16)9-12/h2-4,9,14,18-19H,5-8,10-11,16H2,1H3. The summed E-state index contributed by atoms with van der Waals surface area (Å²) in [7, 11) is 1.91. The predicted octanol–water partition coefficient (Wildman–Crippen LogP) is 0.775. The molecule has 0 aromatic heterocycles. The van der Waals surface area contributed by atoms with Gasteiger partial charge in [0.05, 0.1) is 11.7 Å². The Morgan fingerprint density at radius 2 is 2.10 bits per heavy atom. The number of ether oxygens (including phenoxy) is 1. The van der Waals surface area contributed by atoms with Gasteiger partial charge in [-0.3, -0.25) is 0 Å². The fourth-order valence-electron chi connectivity index (χ4n) is 2.64. The minimum absolute atomic E-state index is 0.465. The second-order valence-electron chi connectivity index (χ2n) is 5.72. The maximum Gasteiger partial charge on any atom is 0.0917 e. The van der Waals surface area contributed by atoms with Gasteiger partial charge in [0.25, 0.3) is 0 Å². The van der Waals surface area contributed by atoms with Crippen LogP contribution in [0.2, 0.25) is 0 Å².